The first kappa shape index (κ1) is 19.0. The highest BCUT2D eigenvalue weighted by atomic mass is 35.5. The number of nitrogen functional groups attached to an aromatic ring is 1. The summed E-state index contributed by atoms with van der Waals surface area (Å²) in [6, 6.07) is 12.4. The molecular weight excluding hydrogens is 428 g/mol. The molecule has 0 radical (unpaired) electrons. The van der Waals surface area contributed by atoms with Crippen molar-refractivity contribution in [3.63, 3.8) is 0 Å². The standard InChI is InChI=1S/C22H14ClF2N3OS/c23-18-5-4-16-21(27-18)22-11(7-8-29-16)9-17(30-22)14-3-6-19(26)28-20(14)13-2-1-12(24)10-15(13)25/h1-6,9-10H,7-8H2,(H2,26,28). The molecule has 0 saturated heterocycles. The Morgan fingerprint density at radius 3 is 2.63 bits per heavy atom. The lowest BCUT2D eigenvalue weighted by Gasteiger charge is -2.10. The van der Waals surface area contributed by atoms with E-state index in [1.807, 2.05) is 12.1 Å². The minimum atomic E-state index is -0.695. The highest BCUT2D eigenvalue weighted by Crippen LogP contribution is 2.45. The first-order valence-corrected chi connectivity index (χ1v) is 10.3. The molecule has 2 N–H and O–H groups in total. The molecule has 3 aromatic heterocycles. The Morgan fingerprint density at radius 2 is 1.80 bits per heavy atom. The van der Waals surface area contributed by atoms with Crippen LogP contribution in [-0.4, -0.2) is 16.6 Å². The van der Waals surface area contributed by atoms with Crippen molar-refractivity contribution in [2.45, 2.75) is 6.42 Å². The van der Waals surface area contributed by atoms with Gasteiger partial charge in [0.2, 0.25) is 0 Å². The zero-order valence-electron chi connectivity index (χ0n) is 15.5. The Balaban J connectivity index is 1.70. The summed E-state index contributed by atoms with van der Waals surface area (Å²) in [6.45, 7) is 0.513. The lowest BCUT2D eigenvalue weighted by molar-refractivity contribution is 0.325. The third-order valence-corrected chi connectivity index (χ3v) is 6.27. The Bertz CT molecular complexity index is 1290. The molecule has 0 aliphatic carbocycles. The molecule has 4 aromatic rings. The highest BCUT2D eigenvalue weighted by Gasteiger charge is 2.23. The van der Waals surface area contributed by atoms with E-state index >= 15 is 0 Å². The van der Waals surface area contributed by atoms with Gasteiger partial charge in [-0.2, -0.15) is 0 Å². The van der Waals surface area contributed by atoms with Crippen LogP contribution >= 0.6 is 22.9 Å². The molecule has 0 saturated carbocycles. The van der Waals surface area contributed by atoms with E-state index in [4.69, 9.17) is 22.1 Å². The fraction of sp³-hybridized carbons (Fsp3) is 0.0909. The first-order chi connectivity index (χ1) is 14.5. The summed E-state index contributed by atoms with van der Waals surface area (Å²) in [7, 11) is 0. The summed E-state index contributed by atoms with van der Waals surface area (Å²) in [5, 5.41) is 0.378. The minimum absolute atomic E-state index is 0.187. The molecule has 0 fully saturated rings. The van der Waals surface area contributed by atoms with Gasteiger partial charge in [0, 0.05) is 28.5 Å². The van der Waals surface area contributed by atoms with Crippen molar-refractivity contribution in [3.8, 4) is 38.0 Å². The van der Waals surface area contributed by atoms with Gasteiger partial charge in [-0.05, 0) is 48.0 Å². The number of hydrogen-bond donors (Lipinski definition) is 1. The topological polar surface area (TPSA) is 61.0 Å². The summed E-state index contributed by atoms with van der Waals surface area (Å²) >= 11 is 7.61. The number of nitrogens with zero attached hydrogens (tertiary/aromatic N) is 2. The van der Waals surface area contributed by atoms with Crippen LogP contribution in [0.5, 0.6) is 5.75 Å². The van der Waals surface area contributed by atoms with Crippen LogP contribution in [0.25, 0.3) is 32.3 Å². The number of halogens is 3. The predicted molar refractivity (Wildman–Crippen MR) is 115 cm³/mol. The molecule has 30 heavy (non-hydrogen) atoms. The second kappa shape index (κ2) is 7.34. The van der Waals surface area contributed by atoms with Crippen LogP contribution in [0.4, 0.5) is 14.6 Å². The average molecular weight is 442 g/mol. The van der Waals surface area contributed by atoms with Crippen molar-refractivity contribution in [2.75, 3.05) is 12.3 Å². The first-order valence-electron chi connectivity index (χ1n) is 9.14. The van der Waals surface area contributed by atoms with Gasteiger partial charge in [-0.15, -0.1) is 11.3 Å². The lowest BCUT2D eigenvalue weighted by Crippen LogP contribution is -1.98. The van der Waals surface area contributed by atoms with E-state index in [9.17, 15) is 8.78 Å². The Morgan fingerprint density at radius 1 is 0.967 bits per heavy atom. The van der Waals surface area contributed by atoms with Crippen LogP contribution in [0, 0.1) is 11.6 Å². The summed E-state index contributed by atoms with van der Waals surface area (Å²) in [5.41, 5.74) is 8.87. The Hall–Kier alpha value is -3.03. The molecule has 0 unspecified atom stereocenters. The highest BCUT2D eigenvalue weighted by molar-refractivity contribution is 7.19. The molecule has 5 rings (SSSR count). The van der Waals surface area contributed by atoms with Crippen molar-refractivity contribution in [2.24, 2.45) is 0 Å². The number of ether oxygens (including phenoxy) is 1. The minimum Gasteiger partial charge on any atom is -0.491 e. The van der Waals surface area contributed by atoms with Crippen LogP contribution in [0.15, 0.2) is 48.5 Å². The summed E-state index contributed by atoms with van der Waals surface area (Å²) < 4.78 is 33.7. The number of nitrogens with two attached hydrogens (primary N) is 1. The van der Waals surface area contributed by atoms with Gasteiger partial charge in [0.05, 0.1) is 17.2 Å². The Labute approximate surface area is 179 Å². The van der Waals surface area contributed by atoms with Gasteiger partial charge in [0.25, 0.3) is 0 Å². The molecule has 0 atom stereocenters. The second-order valence-corrected chi connectivity index (χ2v) is 8.24. The normalized spacial score (nSPS) is 12.6. The quantitative estimate of drug-likeness (QED) is 0.388. The monoisotopic (exact) mass is 441 g/mol. The lowest BCUT2D eigenvalue weighted by atomic mass is 10.0. The zero-order chi connectivity index (χ0) is 20.8. The predicted octanol–water partition coefficient (Wildman–Crippen LogP) is 5.99. The van der Waals surface area contributed by atoms with Gasteiger partial charge < -0.3 is 10.5 Å². The molecule has 4 heterocycles. The largest absolute Gasteiger partial charge is 0.491 e. The molecule has 4 nitrogen and oxygen atoms in total. The van der Waals surface area contributed by atoms with Crippen LogP contribution < -0.4 is 10.5 Å². The van der Waals surface area contributed by atoms with Gasteiger partial charge in [0.1, 0.15) is 34.0 Å². The van der Waals surface area contributed by atoms with E-state index in [0.717, 1.165) is 21.4 Å². The smallest absolute Gasteiger partial charge is 0.146 e. The molecule has 0 bridgehead atoms. The maximum Gasteiger partial charge on any atom is 0.146 e. The molecule has 150 valence electrons. The van der Waals surface area contributed by atoms with Gasteiger partial charge in [-0.3, -0.25) is 0 Å². The van der Waals surface area contributed by atoms with E-state index in [2.05, 4.69) is 9.97 Å². The molecular formula is C22H14ClF2N3OS. The van der Waals surface area contributed by atoms with Crippen molar-refractivity contribution in [3.05, 3.63) is 70.9 Å². The van der Waals surface area contributed by atoms with E-state index in [1.165, 1.54) is 23.5 Å². The maximum absolute atomic E-state index is 14.5. The van der Waals surface area contributed by atoms with E-state index in [1.54, 1.807) is 18.2 Å². The molecule has 1 aliphatic rings. The number of aromatic nitrogens is 2. The average Bonchev–Trinajstić information content (AvgIpc) is 3.05. The summed E-state index contributed by atoms with van der Waals surface area (Å²) in [5.74, 6) is -0.418. The van der Waals surface area contributed by atoms with Crippen molar-refractivity contribution in [1.82, 2.24) is 9.97 Å². The van der Waals surface area contributed by atoms with Gasteiger partial charge in [-0.1, -0.05) is 11.6 Å². The number of benzene rings is 1. The molecule has 1 aromatic carbocycles. The van der Waals surface area contributed by atoms with Gasteiger partial charge in [-0.25, -0.2) is 18.7 Å². The van der Waals surface area contributed by atoms with Crippen molar-refractivity contribution < 1.29 is 13.5 Å². The zero-order valence-corrected chi connectivity index (χ0v) is 17.0. The van der Waals surface area contributed by atoms with Gasteiger partial charge in [0.15, 0.2) is 0 Å². The summed E-state index contributed by atoms with van der Waals surface area (Å²) in [6.07, 6.45) is 0.697. The number of pyridine rings is 2. The number of thiophene rings is 1. The van der Waals surface area contributed by atoms with Crippen molar-refractivity contribution >= 4 is 28.8 Å². The molecule has 8 heteroatoms. The fourth-order valence-electron chi connectivity index (χ4n) is 3.48. The third-order valence-electron chi connectivity index (χ3n) is 4.85. The molecule has 0 amide bonds. The van der Waals surface area contributed by atoms with Crippen molar-refractivity contribution in [1.29, 1.82) is 0 Å². The van der Waals surface area contributed by atoms with Crippen LogP contribution in [0.2, 0.25) is 5.15 Å². The van der Waals surface area contributed by atoms with Crippen LogP contribution in [0.3, 0.4) is 0 Å². The SMILES string of the molecule is Nc1ccc(-c2cc3c(s2)-c2nc(Cl)ccc2OCC3)c(-c2ccc(F)cc2F)n1. The second-order valence-electron chi connectivity index (χ2n) is 6.80. The van der Waals surface area contributed by atoms with E-state index in [-0.39, 0.29) is 11.4 Å². The number of anilines is 1. The third kappa shape index (κ3) is 3.30. The number of fused-ring (bicyclic) bond motifs is 3. The fourth-order valence-corrected chi connectivity index (χ4v) is 4.86. The van der Waals surface area contributed by atoms with E-state index in [0.29, 0.717) is 40.9 Å². The summed E-state index contributed by atoms with van der Waals surface area (Å²) in [4.78, 5) is 10.6. The van der Waals surface area contributed by atoms with Crippen LogP contribution in [-0.2, 0) is 6.42 Å². The number of hydrogen-bond acceptors (Lipinski definition) is 5. The van der Waals surface area contributed by atoms with Crippen LogP contribution in [0.1, 0.15) is 5.56 Å². The maximum atomic E-state index is 14.5. The number of rotatable bonds is 2. The van der Waals surface area contributed by atoms with Gasteiger partial charge >= 0.3 is 0 Å². The molecule has 1 aliphatic heterocycles. The van der Waals surface area contributed by atoms with E-state index < -0.39 is 11.6 Å². The molecule has 0 spiro atoms. The Kier molecular flexibility index (Phi) is 4.64.